The lowest BCUT2D eigenvalue weighted by Gasteiger charge is -2.40. The van der Waals surface area contributed by atoms with Gasteiger partial charge in [0.1, 0.15) is 11.3 Å². The second-order valence-corrected chi connectivity index (χ2v) is 7.79. The van der Waals surface area contributed by atoms with E-state index >= 15 is 0 Å². The van der Waals surface area contributed by atoms with Gasteiger partial charge in [-0.05, 0) is 43.5 Å². The van der Waals surface area contributed by atoms with Crippen LogP contribution in [-0.2, 0) is 6.54 Å². The second-order valence-electron chi connectivity index (χ2n) is 7.79. The van der Waals surface area contributed by atoms with Crippen LogP contribution in [0.15, 0.2) is 33.5 Å². The Kier molecular flexibility index (Phi) is 5.79. The first kappa shape index (κ1) is 18.5. The third-order valence-corrected chi connectivity index (χ3v) is 6.00. The first-order valence-electron chi connectivity index (χ1n) is 10.4. The number of ether oxygens (including phenoxy) is 1. The predicted molar refractivity (Wildman–Crippen MR) is 107 cm³/mol. The van der Waals surface area contributed by atoms with E-state index in [9.17, 15) is 4.79 Å². The molecule has 5 nitrogen and oxygen atoms in total. The van der Waals surface area contributed by atoms with Crippen LogP contribution in [0.2, 0.25) is 0 Å². The second kappa shape index (κ2) is 8.44. The van der Waals surface area contributed by atoms with Crippen LogP contribution >= 0.6 is 0 Å². The van der Waals surface area contributed by atoms with Gasteiger partial charge in [-0.3, -0.25) is 9.80 Å². The Morgan fingerprint density at radius 3 is 2.59 bits per heavy atom. The summed E-state index contributed by atoms with van der Waals surface area (Å²) in [7, 11) is 0. The number of piperazine rings is 1. The Balaban J connectivity index is 1.46. The van der Waals surface area contributed by atoms with Crippen molar-refractivity contribution >= 4 is 11.0 Å². The van der Waals surface area contributed by atoms with Gasteiger partial charge in [-0.25, -0.2) is 4.79 Å². The largest absolute Gasteiger partial charge is 0.494 e. The molecular formula is C22H30N2O3. The first-order valence-corrected chi connectivity index (χ1v) is 10.4. The van der Waals surface area contributed by atoms with Crippen molar-refractivity contribution in [3.63, 3.8) is 0 Å². The Morgan fingerprint density at radius 2 is 1.85 bits per heavy atom. The van der Waals surface area contributed by atoms with Crippen molar-refractivity contribution in [3.05, 3.63) is 40.2 Å². The molecule has 1 aliphatic heterocycles. The Bertz CT molecular complexity index is 818. The van der Waals surface area contributed by atoms with E-state index in [1.54, 1.807) is 6.07 Å². The van der Waals surface area contributed by atoms with E-state index in [2.05, 4.69) is 9.80 Å². The van der Waals surface area contributed by atoms with Crippen LogP contribution in [0.3, 0.4) is 0 Å². The molecule has 1 saturated carbocycles. The van der Waals surface area contributed by atoms with Crippen LogP contribution in [0.5, 0.6) is 5.75 Å². The highest BCUT2D eigenvalue weighted by Crippen LogP contribution is 2.26. The monoisotopic (exact) mass is 370 g/mol. The average Bonchev–Trinajstić information content (AvgIpc) is 2.70. The minimum absolute atomic E-state index is 0.275. The predicted octanol–water partition coefficient (Wildman–Crippen LogP) is 3.64. The first-order chi connectivity index (χ1) is 13.2. The molecular weight excluding hydrogens is 340 g/mol. The molecule has 146 valence electrons. The molecule has 1 aromatic heterocycles. The molecule has 2 fully saturated rings. The van der Waals surface area contributed by atoms with Crippen LogP contribution in [0.4, 0.5) is 0 Å². The standard InChI is InChI=1S/C22H30N2O3/c1-2-26-19-8-9-21-20(15-19)17(14-22(25)27-21)16-23-10-12-24(13-11-23)18-6-4-3-5-7-18/h8-9,14-15,18H,2-7,10-13,16H2,1H3. The maximum atomic E-state index is 12.0. The summed E-state index contributed by atoms with van der Waals surface area (Å²) in [6.45, 7) is 7.77. The molecule has 2 heterocycles. The fraction of sp³-hybridized carbons (Fsp3) is 0.591. The molecule has 2 aromatic rings. The van der Waals surface area contributed by atoms with Gasteiger partial charge in [0, 0.05) is 50.2 Å². The summed E-state index contributed by atoms with van der Waals surface area (Å²) in [5.41, 5.74) is 1.40. The Morgan fingerprint density at radius 1 is 1.07 bits per heavy atom. The Hall–Kier alpha value is -1.85. The molecule has 0 bridgehead atoms. The highest BCUT2D eigenvalue weighted by molar-refractivity contribution is 5.81. The minimum atomic E-state index is -0.275. The van der Waals surface area contributed by atoms with Crippen molar-refractivity contribution in [2.45, 2.75) is 51.6 Å². The maximum Gasteiger partial charge on any atom is 0.336 e. The molecule has 0 atom stereocenters. The van der Waals surface area contributed by atoms with Crippen LogP contribution in [-0.4, -0.2) is 48.6 Å². The molecule has 0 amide bonds. The van der Waals surface area contributed by atoms with Crippen LogP contribution in [0.25, 0.3) is 11.0 Å². The highest BCUT2D eigenvalue weighted by atomic mass is 16.5. The van der Waals surface area contributed by atoms with E-state index in [0.29, 0.717) is 12.2 Å². The normalized spacial score (nSPS) is 20.2. The van der Waals surface area contributed by atoms with E-state index < -0.39 is 0 Å². The summed E-state index contributed by atoms with van der Waals surface area (Å²) in [5, 5.41) is 0.982. The van der Waals surface area contributed by atoms with Crippen LogP contribution < -0.4 is 10.4 Å². The van der Waals surface area contributed by atoms with Crippen LogP contribution in [0.1, 0.15) is 44.6 Å². The number of fused-ring (bicyclic) bond motifs is 1. The summed E-state index contributed by atoms with van der Waals surface area (Å²) in [4.78, 5) is 17.1. The van der Waals surface area contributed by atoms with Crippen LogP contribution in [0, 0.1) is 0 Å². The Labute approximate surface area is 160 Å². The van der Waals surface area contributed by atoms with Crippen molar-refractivity contribution in [1.29, 1.82) is 0 Å². The SMILES string of the molecule is CCOc1ccc2oc(=O)cc(CN3CCN(C4CCCCC4)CC3)c2c1. The van der Waals surface area contributed by atoms with Crippen molar-refractivity contribution in [1.82, 2.24) is 9.80 Å². The molecule has 5 heteroatoms. The quantitative estimate of drug-likeness (QED) is 0.752. The lowest BCUT2D eigenvalue weighted by Crippen LogP contribution is -2.50. The molecule has 1 saturated heterocycles. The zero-order valence-electron chi connectivity index (χ0n) is 16.3. The lowest BCUT2D eigenvalue weighted by atomic mass is 9.94. The number of rotatable bonds is 5. The molecule has 1 aliphatic carbocycles. The summed E-state index contributed by atoms with van der Waals surface area (Å²) < 4.78 is 11.0. The summed E-state index contributed by atoms with van der Waals surface area (Å²) in [5.74, 6) is 0.821. The number of hydrogen-bond acceptors (Lipinski definition) is 5. The average molecular weight is 370 g/mol. The van der Waals surface area contributed by atoms with Crippen molar-refractivity contribution in [2.75, 3.05) is 32.8 Å². The smallest absolute Gasteiger partial charge is 0.336 e. The molecule has 4 rings (SSSR count). The molecule has 0 spiro atoms. The summed E-state index contributed by atoms with van der Waals surface area (Å²) in [6, 6.07) is 8.13. The van der Waals surface area contributed by atoms with E-state index in [1.165, 1.54) is 32.1 Å². The number of hydrogen-bond donors (Lipinski definition) is 0. The number of benzene rings is 1. The van der Waals surface area contributed by atoms with E-state index in [0.717, 1.165) is 55.5 Å². The topological polar surface area (TPSA) is 45.9 Å². The summed E-state index contributed by atoms with van der Waals surface area (Å²) in [6.07, 6.45) is 6.91. The fourth-order valence-corrected chi connectivity index (χ4v) is 4.57. The zero-order valence-corrected chi connectivity index (χ0v) is 16.3. The lowest BCUT2D eigenvalue weighted by molar-refractivity contribution is 0.0756. The van der Waals surface area contributed by atoms with Gasteiger partial charge >= 0.3 is 5.63 Å². The van der Waals surface area contributed by atoms with Gasteiger partial charge in [0.05, 0.1) is 6.61 Å². The van der Waals surface area contributed by atoms with Gasteiger partial charge in [-0.15, -0.1) is 0 Å². The van der Waals surface area contributed by atoms with Crippen molar-refractivity contribution < 1.29 is 9.15 Å². The van der Waals surface area contributed by atoms with Gasteiger partial charge in [0.15, 0.2) is 0 Å². The zero-order chi connectivity index (χ0) is 18.6. The molecule has 1 aromatic carbocycles. The molecule has 2 aliphatic rings. The molecule has 0 N–H and O–H groups in total. The van der Waals surface area contributed by atoms with Gasteiger partial charge in [-0.2, -0.15) is 0 Å². The van der Waals surface area contributed by atoms with Gasteiger partial charge < -0.3 is 9.15 Å². The van der Waals surface area contributed by atoms with Gasteiger partial charge in [0.2, 0.25) is 0 Å². The molecule has 0 radical (unpaired) electrons. The molecule has 27 heavy (non-hydrogen) atoms. The van der Waals surface area contributed by atoms with E-state index in [-0.39, 0.29) is 5.63 Å². The fourth-order valence-electron chi connectivity index (χ4n) is 4.57. The summed E-state index contributed by atoms with van der Waals surface area (Å²) >= 11 is 0. The van der Waals surface area contributed by atoms with Crippen molar-refractivity contribution in [3.8, 4) is 5.75 Å². The molecule has 0 unspecified atom stereocenters. The minimum Gasteiger partial charge on any atom is -0.494 e. The third kappa shape index (κ3) is 4.36. The maximum absolute atomic E-state index is 12.0. The van der Waals surface area contributed by atoms with Crippen molar-refractivity contribution in [2.24, 2.45) is 0 Å². The van der Waals surface area contributed by atoms with Gasteiger partial charge in [0.25, 0.3) is 0 Å². The third-order valence-electron chi connectivity index (χ3n) is 6.00. The number of nitrogens with zero attached hydrogens (tertiary/aromatic N) is 2. The highest BCUT2D eigenvalue weighted by Gasteiger charge is 2.25. The van der Waals surface area contributed by atoms with E-state index in [4.69, 9.17) is 9.15 Å². The van der Waals surface area contributed by atoms with Gasteiger partial charge in [-0.1, -0.05) is 19.3 Å². The van der Waals surface area contributed by atoms with E-state index in [1.807, 2.05) is 25.1 Å².